The number of hydrogen-bond acceptors (Lipinski definition) is 12. The van der Waals surface area contributed by atoms with E-state index in [0.29, 0.717) is 16.7 Å². The molecule has 4 bridgehead atoms. The third kappa shape index (κ3) is 10.6. The zero-order valence-corrected chi connectivity index (χ0v) is 27.2. The highest BCUT2D eigenvalue weighted by Crippen LogP contribution is 2.31. The Bertz CT molecular complexity index is 1430. The summed E-state index contributed by atoms with van der Waals surface area (Å²) in [6, 6.07) is 4.70. The molecule has 16 heteroatoms. The van der Waals surface area contributed by atoms with E-state index in [4.69, 9.17) is 11.5 Å². The van der Waals surface area contributed by atoms with Gasteiger partial charge in [-0.05, 0) is 60.6 Å². The molecule has 0 saturated heterocycles. The van der Waals surface area contributed by atoms with Crippen LogP contribution in [0.1, 0.15) is 24.0 Å². The second kappa shape index (κ2) is 18.3. The van der Waals surface area contributed by atoms with Crippen LogP contribution in [-0.2, 0) is 32.0 Å². The van der Waals surface area contributed by atoms with E-state index in [2.05, 4.69) is 31.9 Å². The number of hydrogen-bond donors (Lipinski definition) is 12. The van der Waals surface area contributed by atoms with Crippen LogP contribution in [0.15, 0.2) is 36.4 Å². The minimum Gasteiger partial charge on any atom is -0.508 e. The first-order valence-corrected chi connectivity index (χ1v) is 15.8. The quantitative estimate of drug-likeness (QED) is 0.0996. The van der Waals surface area contributed by atoms with Crippen molar-refractivity contribution >= 4 is 23.6 Å². The number of rotatable bonds is 13. The van der Waals surface area contributed by atoms with Crippen LogP contribution in [0.3, 0.4) is 0 Å². The lowest BCUT2D eigenvalue weighted by molar-refractivity contribution is -0.134. The van der Waals surface area contributed by atoms with Crippen LogP contribution in [-0.4, -0.2) is 121 Å². The van der Waals surface area contributed by atoms with Gasteiger partial charge in [-0.1, -0.05) is 12.1 Å². The van der Waals surface area contributed by atoms with Gasteiger partial charge in [-0.3, -0.25) is 19.2 Å². The summed E-state index contributed by atoms with van der Waals surface area (Å²) in [5.41, 5.74) is 13.1. The Morgan fingerprint density at radius 1 is 0.917 bits per heavy atom. The van der Waals surface area contributed by atoms with Crippen molar-refractivity contribution < 1.29 is 39.6 Å². The predicted molar refractivity (Wildman–Crippen MR) is 178 cm³/mol. The van der Waals surface area contributed by atoms with Gasteiger partial charge in [0, 0.05) is 51.9 Å². The van der Waals surface area contributed by atoms with E-state index in [1.807, 2.05) is 0 Å². The van der Waals surface area contributed by atoms with E-state index < -0.39 is 60.0 Å². The Balaban J connectivity index is 2.11. The van der Waals surface area contributed by atoms with E-state index in [1.54, 1.807) is 38.4 Å². The summed E-state index contributed by atoms with van der Waals surface area (Å²) in [6.45, 7) is 0.154. The van der Waals surface area contributed by atoms with E-state index in [1.165, 1.54) is 12.1 Å². The highest BCUT2D eigenvalue weighted by Gasteiger charge is 2.33. The highest BCUT2D eigenvalue weighted by atomic mass is 16.3. The number of likely N-dealkylation sites (N-methyl/N-ethyl adjacent to an activating group) is 2. The first kappa shape index (κ1) is 38.1. The van der Waals surface area contributed by atoms with Gasteiger partial charge in [0.1, 0.15) is 29.6 Å². The van der Waals surface area contributed by atoms with Crippen LogP contribution in [0, 0.1) is 0 Å². The fourth-order valence-electron chi connectivity index (χ4n) is 5.39. The molecule has 4 amide bonds. The molecule has 0 spiro atoms. The summed E-state index contributed by atoms with van der Waals surface area (Å²) in [6.07, 6.45) is -2.86. The molecule has 2 aromatic carbocycles. The second-order valence-electron chi connectivity index (χ2n) is 11.8. The molecule has 0 unspecified atom stereocenters. The van der Waals surface area contributed by atoms with Crippen molar-refractivity contribution in [3.63, 3.8) is 0 Å². The summed E-state index contributed by atoms with van der Waals surface area (Å²) >= 11 is 0. The number of carbonyl (C=O) groups is 4. The van der Waals surface area contributed by atoms with Crippen molar-refractivity contribution in [2.24, 2.45) is 11.5 Å². The van der Waals surface area contributed by atoms with Crippen LogP contribution in [0.5, 0.6) is 11.5 Å². The van der Waals surface area contributed by atoms with Crippen molar-refractivity contribution in [2.45, 2.75) is 62.1 Å². The molecule has 0 fully saturated rings. The Morgan fingerprint density at radius 3 is 2.10 bits per heavy atom. The number of phenols is 2. The first-order valence-electron chi connectivity index (χ1n) is 15.8. The molecule has 6 atom stereocenters. The number of aliphatic hydroxyl groups excluding tert-OH is 2. The number of nitrogens with two attached hydrogens (primary N) is 2. The van der Waals surface area contributed by atoms with Gasteiger partial charge in [0.05, 0.1) is 18.2 Å². The lowest BCUT2D eigenvalue weighted by Gasteiger charge is -2.28. The number of nitrogens with one attached hydrogen (secondary N) is 6. The van der Waals surface area contributed by atoms with Crippen molar-refractivity contribution in [3.8, 4) is 22.6 Å². The molecule has 1 aliphatic heterocycles. The van der Waals surface area contributed by atoms with Crippen LogP contribution in [0.25, 0.3) is 11.1 Å². The molecular formula is C32H48N8O8. The maximum absolute atomic E-state index is 13.9. The normalized spacial score (nSPS) is 20.2. The molecule has 0 saturated carbocycles. The molecule has 0 aliphatic carbocycles. The van der Waals surface area contributed by atoms with E-state index in [9.17, 15) is 39.6 Å². The van der Waals surface area contributed by atoms with Crippen LogP contribution >= 0.6 is 0 Å². The highest BCUT2D eigenvalue weighted by molar-refractivity contribution is 5.95. The Hall–Kier alpha value is -4.32. The van der Waals surface area contributed by atoms with Crippen molar-refractivity contribution in [3.05, 3.63) is 47.5 Å². The van der Waals surface area contributed by atoms with Crippen LogP contribution in [0.4, 0.5) is 0 Å². The van der Waals surface area contributed by atoms with Gasteiger partial charge in [-0.15, -0.1) is 0 Å². The van der Waals surface area contributed by atoms with Gasteiger partial charge in [0.15, 0.2) is 0 Å². The minimum atomic E-state index is -1.40. The predicted octanol–water partition coefficient (Wildman–Crippen LogP) is -3.34. The number of fused-ring (bicyclic) bond motifs is 5. The number of aromatic hydroxyl groups is 2. The molecule has 14 N–H and O–H groups in total. The lowest BCUT2D eigenvalue weighted by Crippen LogP contribution is -2.59. The summed E-state index contributed by atoms with van der Waals surface area (Å²) < 4.78 is 0. The topological polar surface area (TPSA) is 273 Å². The summed E-state index contributed by atoms with van der Waals surface area (Å²) in [4.78, 5) is 54.1. The lowest BCUT2D eigenvalue weighted by atomic mass is 9.95. The Labute approximate surface area is 279 Å². The molecule has 48 heavy (non-hydrogen) atoms. The molecule has 1 aliphatic rings. The van der Waals surface area contributed by atoms with E-state index in [-0.39, 0.29) is 68.9 Å². The first-order chi connectivity index (χ1) is 22.9. The van der Waals surface area contributed by atoms with E-state index in [0.717, 1.165) is 0 Å². The Kier molecular flexibility index (Phi) is 14.5. The van der Waals surface area contributed by atoms with Gasteiger partial charge < -0.3 is 63.8 Å². The zero-order valence-electron chi connectivity index (χ0n) is 27.2. The van der Waals surface area contributed by atoms with Gasteiger partial charge >= 0.3 is 0 Å². The number of amides is 4. The zero-order chi connectivity index (χ0) is 35.4. The average Bonchev–Trinajstić information content (AvgIpc) is 3.06. The number of carbonyl (C=O) groups excluding carboxylic acids is 4. The molecule has 264 valence electrons. The Morgan fingerprint density at radius 2 is 1.54 bits per heavy atom. The van der Waals surface area contributed by atoms with Gasteiger partial charge in [-0.2, -0.15) is 0 Å². The molecule has 0 aromatic heterocycles. The monoisotopic (exact) mass is 672 g/mol. The SMILES string of the molecule is CNC[C@H](O)C[C@@H]1NC(=O)[C@@H](NC)Cc2cc(ccc2O)-c2ccc(O)c(c2)C[C@@H](C(=O)N[C@@H](C[C@@H](O)CN)C(=O)NCCN)NC1=O. The van der Waals surface area contributed by atoms with Gasteiger partial charge in [0.25, 0.3) is 0 Å². The van der Waals surface area contributed by atoms with E-state index >= 15 is 0 Å². The molecule has 1 heterocycles. The molecule has 0 radical (unpaired) electrons. The number of benzene rings is 2. The van der Waals surface area contributed by atoms with Crippen LogP contribution in [0.2, 0.25) is 0 Å². The summed E-state index contributed by atoms with van der Waals surface area (Å²) in [7, 11) is 3.16. The molecular weight excluding hydrogens is 624 g/mol. The molecule has 16 nitrogen and oxygen atoms in total. The van der Waals surface area contributed by atoms with Crippen molar-refractivity contribution in [1.29, 1.82) is 0 Å². The fraction of sp³-hybridized carbons (Fsp3) is 0.500. The summed E-state index contributed by atoms with van der Waals surface area (Å²) in [5.74, 6) is -3.08. The van der Waals surface area contributed by atoms with Crippen molar-refractivity contribution in [1.82, 2.24) is 31.9 Å². The molecule has 2 aromatic rings. The number of phenolic OH excluding ortho intramolecular Hbond substituents is 2. The molecule has 3 rings (SSSR count). The van der Waals surface area contributed by atoms with Gasteiger partial charge in [0.2, 0.25) is 23.6 Å². The maximum Gasteiger partial charge on any atom is 0.243 e. The standard InChI is InChI=1S/C32H48N8O8/c1-35-16-22(42)14-26-32(48)38-24(31(47)39-25(13-21(41)15-34)29(45)37-8-7-33)12-20-10-18(4-6-28(20)44)17-3-5-27(43)19(9-17)11-23(36-2)30(46)40-26/h3-6,9-10,21-26,35-36,41-44H,7-8,11-16,33-34H2,1-2H3,(H,37,45)(H,38,48)(H,39,47)(H,40,46)/t21-,22-,23+,24+,25+,26+/m1/s1. The minimum absolute atomic E-state index is 0.0459. The summed E-state index contributed by atoms with van der Waals surface area (Å²) in [5, 5.41) is 58.4. The maximum atomic E-state index is 13.9. The smallest absolute Gasteiger partial charge is 0.243 e. The van der Waals surface area contributed by atoms with Gasteiger partial charge in [-0.25, -0.2) is 0 Å². The second-order valence-corrected chi connectivity index (χ2v) is 11.8. The largest absolute Gasteiger partial charge is 0.508 e. The third-order valence-corrected chi connectivity index (χ3v) is 8.08. The third-order valence-electron chi connectivity index (χ3n) is 8.08. The van der Waals surface area contributed by atoms with Crippen LogP contribution < -0.4 is 43.4 Å². The fourth-order valence-corrected chi connectivity index (χ4v) is 5.39. The average molecular weight is 673 g/mol. The number of aliphatic hydroxyl groups is 2. The van der Waals surface area contributed by atoms with Crippen molar-refractivity contribution in [2.75, 3.05) is 40.3 Å².